The fraction of sp³-hybridized carbons (Fsp3) is 0.778. The van der Waals surface area contributed by atoms with Gasteiger partial charge in [-0.1, -0.05) is 0 Å². The van der Waals surface area contributed by atoms with Gasteiger partial charge in [-0.05, 0) is 37.7 Å². The van der Waals surface area contributed by atoms with Crippen LogP contribution in [-0.4, -0.2) is 22.4 Å². The highest BCUT2D eigenvalue weighted by Gasteiger charge is 2.16. The molecule has 0 aliphatic carbocycles. The van der Waals surface area contributed by atoms with E-state index in [1.807, 2.05) is 6.92 Å². The number of rotatable bonds is 2. The van der Waals surface area contributed by atoms with Crippen molar-refractivity contribution in [2.24, 2.45) is 5.73 Å². The zero-order valence-electron chi connectivity index (χ0n) is 8.85. The quantitative estimate of drug-likeness (QED) is 0.870. The molecule has 6 heteroatoms. The minimum Gasteiger partial charge on any atom is -0.340 e. The first-order chi connectivity index (χ1) is 6.77. The third kappa shape index (κ3) is 3.03. The Balaban J connectivity index is 0.00000112. The van der Waals surface area contributed by atoms with Crippen LogP contribution in [0.2, 0.25) is 0 Å². The van der Waals surface area contributed by atoms with Crippen molar-refractivity contribution in [3.63, 3.8) is 0 Å². The van der Waals surface area contributed by atoms with E-state index in [1.165, 1.54) is 30.8 Å². The van der Waals surface area contributed by atoms with Crippen LogP contribution < -0.4 is 10.6 Å². The van der Waals surface area contributed by atoms with Gasteiger partial charge in [0.25, 0.3) is 0 Å². The number of anilines is 1. The molecule has 1 saturated heterocycles. The lowest BCUT2D eigenvalue weighted by Gasteiger charge is -2.25. The van der Waals surface area contributed by atoms with Gasteiger partial charge in [-0.3, -0.25) is 0 Å². The lowest BCUT2D eigenvalue weighted by Crippen LogP contribution is -2.30. The third-order valence-corrected chi connectivity index (χ3v) is 3.36. The van der Waals surface area contributed by atoms with E-state index >= 15 is 0 Å². The van der Waals surface area contributed by atoms with Gasteiger partial charge in [-0.15, -0.1) is 12.4 Å². The summed E-state index contributed by atoms with van der Waals surface area (Å²) < 4.78 is 4.34. The first kappa shape index (κ1) is 12.7. The molecule has 1 aromatic rings. The van der Waals surface area contributed by atoms with Gasteiger partial charge in [0, 0.05) is 13.1 Å². The summed E-state index contributed by atoms with van der Waals surface area (Å²) in [5.41, 5.74) is 5.75. The van der Waals surface area contributed by atoms with Crippen LogP contribution in [0.5, 0.6) is 0 Å². The highest BCUT2D eigenvalue weighted by molar-refractivity contribution is 7.05. The molecule has 1 aromatic heterocycles. The molecular formula is C9H17ClN4S. The van der Waals surface area contributed by atoms with Crippen LogP contribution in [-0.2, 0) is 0 Å². The van der Waals surface area contributed by atoms with Crippen molar-refractivity contribution in [1.82, 2.24) is 9.36 Å². The molecule has 0 bridgehead atoms. The zero-order valence-corrected chi connectivity index (χ0v) is 10.5. The normalized spacial score (nSPS) is 18.4. The van der Waals surface area contributed by atoms with Crippen LogP contribution in [0.3, 0.4) is 0 Å². The van der Waals surface area contributed by atoms with Crippen molar-refractivity contribution >= 4 is 29.9 Å². The molecule has 1 atom stereocenters. The molecule has 4 nitrogen and oxygen atoms in total. The van der Waals surface area contributed by atoms with Crippen molar-refractivity contribution in [3.05, 3.63) is 5.01 Å². The Labute approximate surface area is 100 Å². The lowest BCUT2D eigenvalue weighted by atomic mass is 10.1. The highest BCUT2D eigenvalue weighted by Crippen LogP contribution is 2.20. The van der Waals surface area contributed by atoms with E-state index in [0.29, 0.717) is 0 Å². The molecule has 0 amide bonds. The Kier molecular flexibility index (Phi) is 4.76. The Bertz CT molecular complexity index is 296. The van der Waals surface area contributed by atoms with Gasteiger partial charge in [0.05, 0.1) is 6.04 Å². The predicted octanol–water partition coefficient (Wildman–Crippen LogP) is 1.97. The Morgan fingerprint density at radius 1 is 1.33 bits per heavy atom. The van der Waals surface area contributed by atoms with Crippen molar-refractivity contribution < 1.29 is 0 Å². The summed E-state index contributed by atoms with van der Waals surface area (Å²) in [6.45, 7) is 4.13. The van der Waals surface area contributed by atoms with E-state index in [1.54, 1.807) is 0 Å². The van der Waals surface area contributed by atoms with E-state index in [4.69, 9.17) is 5.73 Å². The van der Waals surface area contributed by atoms with Crippen molar-refractivity contribution in [2.45, 2.75) is 32.2 Å². The molecule has 86 valence electrons. The number of nitrogens with zero attached hydrogens (tertiary/aromatic N) is 3. The molecule has 0 spiro atoms. The summed E-state index contributed by atoms with van der Waals surface area (Å²) in [5, 5.41) is 0.936. The first-order valence-corrected chi connectivity index (χ1v) is 5.89. The SMILES string of the molecule is C[C@H](N)c1nc(N2CCCCC2)ns1.Cl. The van der Waals surface area contributed by atoms with E-state index in [2.05, 4.69) is 14.3 Å². The summed E-state index contributed by atoms with van der Waals surface area (Å²) in [4.78, 5) is 6.70. The molecule has 0 saturated carbocycles. The summed E-state index contributed by atoms with van der Waals surface area (Å²) in [7, 11) is 0. The second kappa shape index (κ2) is 5.63. The number of nitrogens with two attached hydrogens (primary N) is 1. The Hall–Kier alpha value is -0.390. The van der Waals surface area contributed by atoms with Crippen LogP contribution in [0.25, 0.3) is 0 Å². The van der Waals surface area contributed by atoms with Gasteiger partial charge < -0.3 is 10.6 Å². The molecule has 1 aliphatic heterocycles. The largest absolute Gasteiger partial charge is 0.340 e. The summed E-state index contributed by atoms with van der Waals surface area (Å²) in [5.74, 6) is 0.877. The molecule has 2 N–H and O–H groups in total. The van der Waals surface area contributed by atoms with Crippen LogP contribution in [0.15, 0.2) is 0 Å². The van der Waals surface area contributed by atoms with Gasteiger partial charge >= 0.3 is 0 Å². The topological polar surface area (TPSA) is 55.0 Å². The van der Waals surface area contributed by atoms with Crippen molar-refractivity contribution in [3.8, 4) is 0 Å². The highest BCUT2D eigenvalue weighted by atomic mass is 35.5. The van der Waals surface area contributed by atoms with Crippen LogP contribution in [0.4, 0.5) is 5.95 Å². The van der Waals surface area contributed by atoms with E-state index in [9.17, 15) is 0 Å². The molecule has 0 unspecified atom stereocenters. The summed E-state index contributed by atoms with van der Waals surface area (Å²) >= 11 is 1.42. The number of aromatic nitrogens is 2. The molecule has 2 heterocycles. The van der Waals surface area contributed by atoms with Crippen molar-refractivity contribution in [2.75, 3.05) is 18.0 Å². The van der Waals surface area contributed by atoms with Crippen LogP contribution in [0, 0.1) is 0 Å². The van der Waals surface area contributed by atoms with Gasteiger partial charge in [0.1, 0.15) is 5.01 Å². The lowest BCUT2D eigenvalue weighted by molar-refractivity contribution is 0.569. The maximum absolute atomic E-state index is 5.75. The standard InChI is InChI=1S/C9H16N4S.ClH/c1-7(10)8-11-9(12-14-8)13-5-3-2-4-6-13;/h7H,2-6,10H2,1H3;1H/t7-;/m0./s1. The molecule has 0 radical (unpaired) electrons. The maximum Gasteiger partial charge on any atom is 0.237 e. The van der Waals surface area contributed by atoms with Crippen LogP contribution >= 0.6 is 23.9 Å². The van der Waals surface area contributed by atoms with Gasteiger partial charge in [-0.2, -0.15) is 4.37 Å². The summed E-state index contributed by atoms with van der Waals surface area (Å²) in [6, 6.07) is 0.00559. The molecule has 15 heavy (non-hydrogen) atoms. The van der Waals surface area contributed by atoms with Crippen LogP contribution in [0.1, 0.15) is 37.2 Å². The fourth-order valence-electron chi connectivity index (χ4n) is 1.63. The van der Waals surface area contributed by atoms with E-state index < -0.39 is 0 Å². The monoisotopic (exact) mass is 248 g/mol. The molecular weight excluding hydrogens is 232 g/mol. The van der Waals surface area contributed by atoms with Gasteiger partial charge in [-0.25, -0.2) is 4.98 Å². The van der Waals surface area contributed by atoms with Gasteiger partial charge in [0.15, 0.2) is 0 Å². The maximum atomic E-state index is 5.75. The zero-order chi connectivity index (χ0) is 9.97. The summed E-state index contributed by atoms with van der Waals surface area (Å²) in [6.07, 6.45) is 3.85. The first-order valence-electron chi connectivity index (χ1n) is 5.11. The van der Waals surface area contributed by atoms with Gasteiger partial charge in [0.2, 0.25) is 5.95 Å². The molecule has 0 aromatic carbocycles. The number of hydrogen-bond donors (Lipinski definition) is 1. The average molecular weight is 249 g/mol. The minimum atomic E-state index is 0. The molecule has 1 aliphatic rings. The second-order valence-corrected chi connectivity index (χ2v) is 4.55. The smallest absolute Gasteiger partial charge is 0.237 e. The minimum absolute atomic E-state index is 0. The molecule has 1 fully saturated rings. The van der Waals surface area contributed by atoms with E-state index in [-0.39, 0.29) is 18.4 Å². The fourth-order valence-corrected chi connectivity index (χ4v) is 2.25. The van der Waals surface area contributed by atoms with Crippen molar-refractivity contribution in [1.29, 1.82) is 0 Å². The Morgan fingerprint density at radius 3 is 2.53 bits per heavy atom. The predicted molar refractivity (Wildman–Crippen MR) is 65.8 cm³/mol. The average Bonchev–Trinajstić information content (AvgIpc) is 2.68. The number of hydrogen-bond acceptors (Lipinski definition) is 5. The number of halogens is 1. The third-order valence-electron chi connectivity index (χ3n) is 2.46. The van der Waals surface area contributed by atoms with E-state index in [0.717, 1.165) is 24.0 Å². The molecule has 2 rings (SSSR count). The number of piperidine rings is 1. The second-order valence-electron chi connectivity index (χ2n) is 3.77. The Morgan fingerprint density at radius 2 is 2.00 bits per heavy atom.